The smallest absolute Gasteiger partial charge is 0.141 e. The summed E-state index contributed by atoms with van der Waals surface area (Å²) in [5.41, 5.74) is 4.30. The van der Waals surface area contributed by atoms with Gasteiger partial charge in [0, 0.05) is 12.1 Å². The molecule has 4 rings (SSSR count). The van der Waals surface area contributed by atoms with E-state index < -0.39 is 0 Å². The zero-order chi connectivity index (χ0) is 20.8. The Kier molecular flexibility index (Phi) is 5.95. The van der Waals surface area contributed by atoms with Gasteiger partial charge in [-0.1, -0.05) is 49.6 Å². The largest absolute Gasteiger partial charge is 0.490 e. The van der Waals surface area contributed by atoms with Crippen molar-refractivity contribution in [2.24, 2.45) is 0 Å². The van der Waals surface area contributed by atoms with Crippen LogP contribution in [-0.2, 0) is 6.54 Å². The molecule has 0 saturated heterocycles. The van der Waals surface area contributed by atoms with Crippen LogP contribution in [0, 0.1) is 0 Å². The Bertz CT molecular complexity index is 1140. The molecule has 0 atom stereocenters. The van der Waals surface area contributed by atoms with Gasteiger partial charge in [0.05, 0.1) is 11.0 Å². The van der Waals surface area contributed by atoms with Crippen LogP contribution in [0.5, 0.6) is 11.5 Å². The van der Waals surface area contributed by atoms with E-state index in [9.17, 15) is 0 Å². The molecule has 0 spiro atoms. The maximum absolute atomic E-state index is 5.61. The molecule has 1 heterocycles. The summed E-state index contributed by atoms with van der Waals surface area (Å²) in [4.78, 5) is 4.90. The first-order valence-corrected chi connectivity index (χ1v) is 9.90. The lowest BCUT2D eigenvalue weighted by Crippen LogP contribution is -2.02. The first-order chi connectivity index (χ1) is 14.8. The summed E-state index contributed by atoms with van der Waals surface area (Å²) < 4.78 is 13.4. The minimum absolute atomic E-state index is 0.490. The molecule has 0 aliphatic rings. The summed E-state index contributed by atoms with van der Waals surface area (Å²) in [5, 5.41) is 0. The van der Waals surface area contributed by atoms with Crippen molar-refractivity contribution in [3.8, 4) is 22.9 Å². The lowest BCUT2D eigenvalue weighted by atomic mass is 10.1. The van der Waals surface area contributed by atoms with Crippen molar-refractivity contribution in [2.45, 2.75) is 6.54 Å². The molecule has 3 aromatic carbocycles. The van der Waals surface area contributed by atoms with E-state index in [2.05, 4.69) is 35.9 Å². The molecule has 0 amide bonds. The maximum atomic E-state index is 5.61. The quantitative estimate of drug-likeness (QED) is 0.331. The van der Waals surface area contributed by atoms with Crippen LogP contribution in [0.25, 0.3) is 22.4 Å². The molecule has 30 heavy (non-hydrogen) atoms. The highest BCUT2D eigenvalue weighted by Crippen LogP contribution is 2.28. The van der Waals surface area contributed by atoms with Crippen LogP contribution in [0.1, 0.15) is 5.56 Å². The number of imidazole rings is 1. The van der Waals surface area contributed by atoms with Gasteiger partial charge in [-0.25, -0.2) is 4.98 Å². The van der Waals surface area contributed by atoms with Gasteiger partial charge in [-0.3, -0.25) is 0 Å². The molecule has 1 aromatic heterocycles. The van der Waals surface area contributed by atoms with E-state index in [1.54, 1.807) is 12.2 Å². The van der Waals surface area contributed by atoms with Crippen LogP contribution in [0.3, 0.4) is 0 Å². The Balaban J connectivity index is 1.67. The zero-order valence-electron chi connectivity index (χ0n) is 16.8. The number of rotatable bonds is 9. The van der Waals surface area contributed by atoms with Gasteiger partial charge >= 0.3 is 0 Å². The molecule has 0 aliphatic carbocycles. The van der Waals surface area contributed by atoms with Gasteiger partial charge in [-0.2, -0.15) is 0 Å². The molecule has 150 valence electrons. The number of fused-ring (bicyclic) bond motifs is 1. The Labute approximate surface area is 176 Å². The summed E-state index contributed by atoms with van der Waals surface area (Å²) >= 11 is 0. The van der Waals surface area contributed by atoms with E-state index >= 15 is 0 Å². The molecular formula is C26H24N2O2. The fourth-order valence-electron chi connectivity index (χ4n) is 3.34. The topological polar surface area (TPSA) is 36.3 Å². The zero-order valence-corrected chi connectivity index (χ0v) is 16.8. The molecule has 0 bridgehead atoms. The molecule has 4 nitrogen and oxygen atoms in total. The minimum atomic E-state index is 0.490. The van der Waals surface area contributed by atoms with E-state index in [4.69, 9.17) is 14.5 Å². The molecule has 0 aliphatic heterocycles. The van der Waals surface area contributed by atoms with Crippen molar-refractivity contribution in [3.63, 3.8) is 0 Å². The molecule has 0 radical (unpaired) electrons. The van der Waals surface area contributed by atoms with Crippen molar-refractivity contribution >= 4 is 11.0 Å². The Hall–Kier alpha value is -3.79. The molecular weight excluding hydrogens is 372 g/mol. The summed E-state index contributed by atoms with van der Waals surface area (Å²) in [6.07, 6.45) is 3.48. The monoisotopic (exact) mass is 396 g/mol. The predicted molar refractivity (Wildman–Crippen MR) is 122 cm³/mol. The van der Waals surface area contributed by atoms with Crippen LogP contribution >= 0.6 is 0 Å². The van der Waals surface area contributed by atoms with E-state index in [0.29, 0.717) is 19.8 Å². The van der Waals surface area contributed by atoms with Gasteiger partial charge in [0.2, 0.25) is 0 Å². The number of aromatic nitrogens is 2. The fraction of sp³-hybridized carbons (Fsp3) is 0.115. The van der Waals surface area contributed by atoms with E-state index in [1.807, 2.05) is 54.6 Å². The minimum Gasteiger partial charge on any atom is -0.490 e. The van der Waals surface area contributed by atoms with E-state index in [-0.39, 0.29) is 0 Å². The maximum Gasteiger partial charge on any atom is 0.141 e. The molecule has 0 fully saturated rings. The van der Waals surface area contributed by atoms with Crippen LogP contribution in [0.2, 0.25) is 0 Å². The second kappa shape index (κ2) is 9.14. The van der Waals surface area contributed by atoms with Crippen molar-refractivity contribution < 1.29 is 9.47 Å². The number of ether oxygens (including phenoxy) is 2. The van der Waals surface area contributed by atoms with Crippen LogP contribution in [0.15, 0.2) is 98.1 Å². The average molecular weight is 396 g/mol. The SMILES string of the molecule is C=CCOc1ccc(Cn2c(-c3ccc(OCC=C)cc3)nc3ccccc32)cc1. The third-order valence-electron chi connectivity index (χ3n) is 4.77. The third-order valence-corrected chi connectivity index (χ3v) is 4.77. The summed E-state index contributed by atoms with van der Waals surface area (Å²) in [5.74, 6) is 2.58. The highest BCUT2D eigenvalue weighted by molar-refractivity contribution is 5.80. The standard InChI is InChI=1S/C26H24N2O2/c1-3-17-29-22-13-9-20(10-14-22)19-28-25-8-6-5-7-24(25)27-26(28)21-11-15-23(16-12-21)30-18-4-2/h3-16H,1-2,17-19H2. The van der Waals surface area contributed by atoms with Crippen LogP contribution < -0.4 is 9.47 Å². The summed E-state index contributed by atoms with van der Waals surface area (Å²) in [6.45, 7) is 9.08. The van der Waals surface area contributed by atoms with Crippen molar-refractivity contribution in [1.29, 1.82) is 0 Å². The number of para-hydroxylation sites is 2. The lowest BCUT2D eigenvalue weighted by Gasteiger charge is -2.11. The van der Waals surface area contributed by atoms with Crippen LogP contribution in [-0.4, -0.2) is 22.8 Å². The fourth-order valence-corrected chi connectivity index (χ4v) is 3.34. The number of hydrogen-bond donors (Lipinski definition) is 0. The molecule has 0 saturated carbocycles. The van der Waals surface area contributed by atoms with Gasteiger partial charge in [0.1, 0.15) is 30.5 Å². The van der Waals surface area contributed by atoms with Crippen molar-refractivity contribution in [3.05, 3.63) is 104 Å². The third kappa shape index (κ3) is 4.28. The highest BCUT2D eigenvalue weighted by Gasteiger charge is 2.13. The number of hydrogen-bond acceptors (Lipinski definition) is 3. The Morgan fingerprint density at radius 1 is 0.767 bits per heavy atom. The summed E-state index contributed by atoms with van der Waals surface area (Å²) in [6, 6.07) is 24.4. The van der Waals surface area contributed by atoms with Crippen molar-refractivity contribution in [2.75, 3.05) is 13.2 Å². The Morgan fingerprint density at radius 2 is 1.37 bits per heavy atom. The van der Waals surface area contributed by atoms with Gasteiger partial charge in [0.15, 0.2) is 0 Å². The van der Waals surface area contributed by atoms with Crippen LogP contribution in [0.4, 0.5) is 0 Å². The molecule has 4 heteroatoms. The van der Waals surface area contributed by atoms with Gasteiger partial charge in [-0.05, 0) is 54.1 Å². The van der Waals surface area contributed by atoms with Crippen molar-refractivity contribution in [1.82, 2.24) is 9.55 Å². The lowest BCUT2D eigenvalue weighted by molar-refractivity contribution is 0.363. The normalized spacial score (nSPS) is 10.7. The van der Waals surface area contributed by atoms with Gasteiger partial charge < -0.3 is 14.0 Å². The molecule has 0 N–H and O–H groups in total. The van der Waals surface area contributed by atoms with Gasteiger partial charge in [-0.15, -0.1) is 0 Å². The first-order valence-electron chi connectivity index (χ1n) is 9.90. The predicted octanol–water partition coefficient (Wildman–Crippen LogP) is 5.88. The number of nitrogens with zero attached hydrogens (tertiary/aromatic N) is 2. The summed E-state index contributed by atoms with van der Waals surface area (Å²) in [7, 11) is 0. The van der Waals surface area contributed by atoms with E-state index in [0.717, 1.165) is 33.9 Å². The highest BCUT2D eigenvalue weighted by atomic mass is 16.5. The average Bonchev–Trinajstić information content (AvgIpc) is 3.16. The second-order valence-corrected chi connectivity index (χ2v) is 6.88. The second-order valence-electron chi connectivity index (χ2n) is 6.88. The first kappa shape index (κ1) is 19.5. The molecule has 0 unspecified atom stereocenters. The van der Waals surface area contributed by atoms with E-state index in [1.165, 1.54) is 5.56 Å². The number of benzene rings is 3. The molecule has 4 aromatic rings. The van der Waals surface area contributed by atoms with Gasteiger partial charge in [0.25, 0.3) is 0 Å². The Morgan fingerprint density at radius 3 is 2.00 bits per heavy atom.